The number of hydrogen-bond donors (Lipinski definition) is 1. The van der Waals surface area contributed by atoms with Gasteiger partial charge in [0.15, 0.2) is 0 Å². The van der Waals surface area contributed by atoms with Gasteiger partial charge in [0.25, 0.3) is 0 Å². The van der Waals surface area contributed by atoms with Gasteiger partial charge in [-0.1, -0.05) is 30.3 Å². The summed E-state index contributed by atoms with van der Waals surface area (Å²) in [6, 6.07) is 10.5. The summed E-state index contributed by atoms with van der Waals surface area (Å²) in [6.07, 6.45) is 0. The standard InChI is InChI=1S/C14H18N2/c1-10-12(3)16(4)15-11(2)14(10)13-8-6-5-7-9-13/h5-9,15H,1-4H3. The van der Waals surface area contributed by atoms with Crippen molar-refractivity contribution in [3.05, 3.63) is 52.9 Å². The van der Waals surface area contributed by atoms with E-state index in [-0.39, 0.29) is 0 Å². The number of nitrogens with zero attached hydrogens (tertiary/aromatic N) is 1. The minimum absolute atomic E-state index is 1.21. The monoisotopic (exact) mass is 214 g/mol. The number of nitrogens with one attached hydrogen (secondary N) is 1. The Kier molecular flexibility index (Phi) is 2.73. The average Bonchev–Trinajstić information content (AvgIpc) is 2.28. The third-order valence-electron chi connectivity index (χ3n) is 3.19. The molecule has 0 unspecified atom stereocenters. The van der Waals surface area contributed by atoms with Crippen LogP contribution in [-0.2, 0) is 0 Å². The zero-order valence-corrected chi connectivity index (χ0v) is 10.3. The van der Waals surface area contributed by atoms with E-state index in [1.807, 2.05) is 13.1 Å². The molecule has 0 atom stereocenters. The van der Waals surface area contributed by atoms with E-state index in [9.17, 15) is 0 Å². The molecule has 0 saturated carbocycles. The highest BCUT2D eigenvalue weighted by molar-refractivity contribution is 5.81. The fraction of sp³-hybridized carbons (Fsp3) is 0.286. The minimum atomic E-state index is 1.21. The van der Waals surface area contributed by atoms with Gasteiger partial charge in [0.2, 0.25) is 0 Å². The number of allylic oxidation sites excluding steroid dienone is 4. The Morgan fingerprint density at radius 3 is 2.25 bits per heavy atom. The fourth-order valence-electron chi connectivity index (χ4n) is 2.14. The first-order valence-electron chi connectivity index (χ1n) is 5.56. The quantitative estimate of drug-likeness (QED) is 0.772. The third-order valence-corrected chi connectivity index (χ3v) is 3.19. The van der Waals surface area contributed by atoms with E-state index in [1.165, 1.54) is 28.1 Å². The van der Waals surface area contributed by atoms with Gasteiger partial charge < -0.3 is 5.43 Å². The van der Waals surface area contributed by atoms with Crippen LogP contribution in [-0.4, -0.2) is 12.1 Å². The number of hydrazine groups is 1. The molecule has 0 spiro atoms. The van der Waals surface area contributed by atoms with Crippen LogP contribution in [0.3, 0.4) is 0 Å². The molecule has 2 nitrogen and oxygen atoms in total. The van der Waals surface area contributed by atoms with Crippen molar-refractivity contribution in [2.24, 2.45) is 0 Å². The second-order valence-corrected chi connectivity index (χ2v) is 4.25. The molecule has 1 aliphatic rings. The van der Waals surface area contributed by atoms with Crippen LogP contribution in [0.1, 0.15) is 26.3 Å². The SMILES string of the molecule is CC1=C(c2ccccc2)C(C)=C(C)N(C)N1. The normalized spacial score (nSPS) is 16.6. The first kappa shape index (κ1) is 10.8. The van der Waals surface area contributed by atoms with Crippen molar-refractivity contribution in [2.75, 3.05) is 7.05 Å². The molecular formula is C14H18N2. The van der Waals surface area contributed by atoms with Gasteiger partial charge in [0.1, 0.15) is 0 Å². The van der Waals surface area contributed by atoms with Gasteiger partial charge in [-0.15, -0.1) is 0 Å². The molecule has 2 rings (SSSR count). The van der Waals surface area contributed by atoms with E-state index in [1.54, 1.807) is 0 Å². The Hall–Kier alpha value is -1.70. The minimum Gasteiger partial charge on any atom is -0.303 e. The molecule has 0 fully saturated rings. The summed E-state index contributed by atoms with van der Waals surface area (Å²) in [5.41, 5.74) is 9.77. The van der Waals surface area contributed by atoms with Gasteiger partial charge in [-0.25, -0.2) is 0 Å². The fourth-order valence-corrected chi connectivity index (χ4v) is 2.14. The first-order chi connectivity index (χ1) is 7.61. The van der Waals surface area contributed by atoms with Crippen LogP contribution in [0.4, 0.5) is 0 Å². The lowest BCUT2D eigenvalue weighted by atomic mass is 9.95. The van der Waals surface area contributed by atoms with E-state index in [0.29, 0.717) is 0 Å². The summed E-state index contributed by atoms with van der Waals surface area (Å²) in [7, 11) is 2.05. The molecule has 0 aliphatic carbocycles. The third kappa shape index (κ3) is 1.71. The maximum atomic E-state index is 3.36. The second kappa shape index (κ2) is 4.05. The summed E-state index contributed by atoms with van der Waals surface area (Å²) in [4.78, 5) is 0. The Morgan fingerprint density at radius 2 is 1.62 bits per heavy atom. The predicted molar refractivity (Wildman–Crippen MR) is 68.3 cm³/mol. The van der Waals surface area contributed by atoms with Crippen molar-refractivity contribution in [1.29, 1.82) is 0 Å². The summed E-state index contributed by atoms with van der Waals surface area (Å²) in [6.45, 7) is 6.44. The van der Waals surface area contributed by atoms with E-state index in [2.05, 4.69) is 55.5 Å². The summed E-state index contributed by atoms with van der Waals surface area (Å²) >= 11 is 0. The van der Waals surface area contributed by atoms with Crippen LogP contribution in [0.5, 0.6) is 0 Å². The molecule has 0 radical (unpaired) electrons. The highest BCUT2D eigenvalue weighted by Gasteiger charge is 2.17. The van der Waals surface area contributed by atoms with Crippen LogP contribution in [0.2, 0.25) is 0 Å². The lowest BCUT2D eigenvalue weighted by Gasteiger charge is -2.32. The zero-order chi connectivity index (χ0) is 11.7. The van der Waals surface area contributed by atoms with E-state index in [0.717, 1.165) is 0 Å². The van der Waals surface area contributed by atoms with Gasteiger partial charge in [-0.05, 0) is 31.9 Å². The molecule has 2 heteroatoms. The molecule has 1 heterocycles. The summed E-state index contributed by atoms with van der Waals surface area (Å²) in [5.74, 6) is 0. The van der Waals surface area contributed by atoms with Crippen LogP contribution in [0.15, 0.2) is 47.3 Å². The van der Waals surface area contributed by atoms with Crippen LogP contribution in [0.25, 0.3) is 5.57 Å². The summed E-state index contributed by atoms with van der Waals surface area (Å²) < 4.78 is 0. The first-order valence-corrected chi connectivity index (χ1v) is 5.56. The highest BCUT2D eigenvalue weighted by Crippen LogP contribution is 2.31. The number of rotatable bonds is 1. The molecule has 16 heavy (non-hydrogen) atoms. The van der Waals surface area contributed by atoms with Crippen molar-refractivity contribution >= 4 is 5.57 Å². The topological polar surface area (TPSA) is 15.3 Å². The van der Waals surface area contributed by atoms with Gasteiger partial charge >= 0.3 is 0 Å². The molecular weight excluding hydrogens is 196 g/mol. The lowest BCUT2D eigenvalue weighted by Crippen LogP contribution is -2.35. The predicted octanol–water partition coefficient (Wildman–Crippen LogP) is 3.16. The average molecular weight is 214 g/mol. The van der Waals surface area contributed by atoms with E-state index < -0.39 is 0 Å². The highest BCUT2D eigenvalue weighted by atomic mass is 15.5. The smallest absolute Gasteiger partial charge is 0.0366 e. The molecule has 1 N–H and O–H groups in total. The molecule has 0 aromatic heterocycles. The molecule has 1 aliphatic heterocycles. The van der Waals surface area contributed by atoms with Crippen LogP contribution >= 0.6 is 0 Å². The van der Waals surface area contributed by atoms with Crippen LogP contribution in [0, 0.1) is 0 Å². The van der Waals surface area contributed by atoms with E-state index >= 15 is 0 Å². The van der Waals surface area contributed by atoms with Gasteiger partial charge in [0.05, 0.1) is 0 Å². The number of hydrogen-bond acceptors (Lipinski definition) is 2. The van der Waals surface area contributed by atoms with Crippen molar-refractivity contribution in [2.45, 2.75) is 20.8 Å². The molecule has 0 bridgehead atoms. The lowest BCUT2D eigenvalue weighted by molar-refractivity contribution is 0.330. The van der Waals surface area contributed by atoms with Crippen molar-refractivity contribution in [3.63, 3.8) is 0 Å². The molecule has 84 valence electrons. The Labute approximate surface area is 97.2 Å². The second-order valence-electron chi connectivity index (χ2n) is 4.25. The largest absolute Gasteiger partial charge is 0.303 e. The van der Waals surface area contributed by atoms with E-state index in [4.69, 9.17) is 0 Å². The Bertz CT molecular complexity index is 455. The Balaban J connectivity index is 2.53. The maximum Gasteiger partial charge on any atom is 0.0366 e. The van der Waals surface area contributed by atoms with Gasteiger partial charge in [-0.2, -0.15) is 0 Å². The molecule has 1 aromatic rings. The van der Waals surface area contributed by atoms with Crippen molar-refractivity contribution < 1.29 is 0 Å². The molecule has 1 aromatic carbocycles. The number of benzene rings is 1. The van der Waals surface area contributed by atoms with Gasteiger partial charge in [0, 0.05) is 24.0 Å². The zero-order valence-electron chi connectivity index (χ0n) is 10.3. The van der Waals surface area contributed by atoms with Crippen LogP contribution < -0.4 is 5.43 Å². The van der Waals surface area contributed by atoms with Crippen molar-refractivity contribution in [1.82, 2.24) is 10.4 Å². The maximum absolute atomic E-state index is 3.36. The Morgan fingerprint density at radius 1 is 1.00 bits per heavy atom. The van der Waals surface area contributed by atoms with Gasteiger partial charge in [-0.3, -0.25) is 5.01 Å². The van der Waals surface area contributed by atoms with Crippen molar-refractivity contribution in [3.8, 4) is 0 Å². The summed E-state index contributed by atoms with van der Waals surface area (Å²) in [5, 5.41) is 2.07. The molecule has 0 amide bonds. The molecule has 0 saturated heterocycles.